The summed E-state index contributed by atoms with van der Waals surface area (Å²) >= 11 is 0. The molecule has 0 atom stereocenters. The van der Waals surface area contributed by atoms with Gasteiger partial charge < -0.3 is 15.3 Å². The maximum atomic E-state index is 10.6. The van der Waals surface area contributed by atoms with Crippen LogP contribution in [0, 0.1) is 5.41 Å². The maximum absolute atomic E-state index is 10.6. The summed E-state index contributed by atoms with van der Waals surface area (Å²) in [5, 5.41) is 14.2. The van der Waals surface area contributed by atoms with Crippen molar-refractivity contribution >= 4 is 0 Å². The van der Waals surface area contributed by atoms with Gasteiger partial charge in [-0.25, -0.2) is 0 Å². The summed E-state index contributed by atoms with van der Waals surface area (Å²) < 4.78 is 0. The van der Waals surface area contributed by atoms with E-state index >= 15 is 0 Å². The zero-order chi connectivity index (χ0) is 15.1. The van der Waals surface area contributed by atoms with E-state index in [1.165, 1.54) is 32.1 Å². The molecule has 0 unspecified atom stereocenters. The Morgan fingerprint density at radius 3 is 2.25 bits per heavy atom. The van der Waals surface area contributed by atoms with Gasteiger partial charge in [0.2, 0.25) is 0 Å². The molecule has 1 saturated carbocycles. The minimum atomic E-state index is -0.418. The molecule has 0 radical (unpaired) electrons. The standard InChI is InChI=1S/C17H36N2O/c1-5-12-18-13-16(6-2,7-3)14-19(4)15-17(20)10-8-9-11-17/h18,20H,5-15H2,1-4H3. The Bertz CT molecular complexity index is 258. The highest BCUT2D eigenvalue weighted by Crippen LogP contribution is 2.32. The molecule has 3 nitrogen and oxygen atoms in total. The smallest absolute Gasteiger partial charge is 0.0774 e. The summed E-state index contributed by atoms with van der Waals surface area (Å²) in [7, 11) is 2.18. The first-order chi connectivity index (χ1) is 9.49. The Hall–Kier alpha value is -0.120. The maximum Gasteiger partial charge on any atom is 0.0774 e. The molecule has 3 heteroatoms. The SMILES string of the molecule is CCCNCC(CC)(CC)CN(C)CC1(O)CCCC1. The molecule has 0 heterocycles. The fourth-order valence-corrected chi connectivity index (χ4v) is 3.63. The van der Waals surface area contributed by atoms with Crippen molar-refractivity contribution in [3.63, 3.8) is 0 Å². The Morgan fingerprint density at radius 2 is 1.75 bits per heavy atom. The van der Waals surface area contributed by atoms with Gasteiger partial charge in [-0.2, -0.15) is 0 Å². The van der Waals surface area contributed by atoms with E-state index in [2.05, 4.69) is 38.0 Å². The van der Waals surface area contributed by atoms with E-state index in [-0.39, 0.29) is 0 Å². The van der Waals surface area contributed by atoms with Crippen LogP contribution in [0.15, 0.2) is 0 Å². The van der Waals surface area contributed by atoms with E-state index in [4.69, 9.17) is 0 Å². The van der Waals surface area contributed by atoms with Crippen LogP contribution in [-0.2, 0) is 0 Å². The summed E-state index contributed by atoms with van der Waals surface area (Å²) in [5.41, 5.74) is -0.0717. The molecular weight excluding hydrogens is 248 g/mol. The lowest BCUT2D eigenvalue weighted by atomic mass is 9.81. The molecule has 1 rings (SSSR count). The molecular formula is C17H36N2O. The summed E-state index contributed by atoms with van der Waals surface area (Å²) in [6.45, 7) is 10.9. The summed E-state index contributed by atoms with van der Waals surface area (Å²) in [4.78, 5) is 2.37. The predicted molar refractivity (Wildman–Crippen MR) is 87.1 cm³/mol. The van der Waals surface area contributed by atoms with Crippen LogP contribution in [0.5, 0.6) is 0 Å². The van der Waals surface area contributed by atoms with E-state index in [0.717, 1.165) is 39.0 Å². The monoisotopic (exact) mass is 284 g/mol. The highest BCUT2D eigenvalue weighted by atomic mass is 16.3. The van der Waals surface area contributed by atoms with Crippen LogP contribution in [0.2, 0.25) is 0 Å². The van der Waals surface area contributed by atoms with Crippen molar-refractivity contribution in [2.75, 3.05) is 33.2 Å². The van der Waals surface area contributed by atoms with Crippen molar-refractivity contribution in [1.29, 1.82) is 0 Å². The molecule has 0 aromatic carbocycles. The topological polar surface area (TPSA) is 35.5 Å². The van der Waals surface area contributed by atoms with Crippen LogP contribution >= 0.6 is 0 Å². The summed E-state index contributed by atoms with van der Waals surface area (Å²) in [5.74, 6) is 0. The Kier molecular flexibility index (Phi) is 7.49. The van der Waals surface area contributed by atoms with Crippen LogP contribution in [0.4, 0.5) is 0 Å². The molecule has 0 saturated heterocycles. The highest BCUT2D eigenvalue weighted by molar-refractivity contribution is 4.89. The molecule has 2 N–H and O–H groups in total. The molecule has 120 valence electrons. The van der Waals surface area contributed by atoms with Crippen LogP contribution in [-0.4, -0.2) is 48.8 Å². The number of nitrogens with one attached hydrogen (secondary N) is 1. The van der Waals surface area contributed by atoms with Crippen molar-refractivity contribution in [3.05, 3.63) is 0 Å². The first-order valence-electron chi connectivity index (χ1n) is 8.61. The largest absolute Gasteiger partial charge is 0.389 e. The highest BCUT2D eigenvalue weighted by Gasteiger charge is 2.34. The molecule has 0 aromatic rings. The zero-order valence-corrected chi connectivity index (χ0v) is 14.2. The average Bonchev–Trinajstić information content (AvgIpc) is 2.84. The van der Waals surface area contributed by atoms with Gasteiger partial charge in [0.1, 0.15) is 0 Å². The van der Waals surface area contributed by atoms with Gasteiger partial charge in [0.25, 0.3) is 0 Å². The second-order valence-corrected chi connectivity index (χ2v) is 6.99. The Balaban J connectivity index is 2.50. The number of aliphatic hydroxyl groups is 1. The first kappa shape index (κ1) is 17.9. The van der Waals surface area contributed by atoms with E-state index in [1.807, 2.05) is 0 Å². The van der Waals surface area contributed by atoms with Crippen LogP contribution in [0.3, 0.4) is 0 Å². The third kappa shape index (κ3) is 5.34. The molecule has 1 fully saturated rings. The van der Waals surface area contributed by atoms with Gasteiger partial charge in [-0.1, -0.05) is 33.6 Å². The van der Waals surface area contributed by atoms with Gasteiger partial charge in [0, 0.05) is 19.6 Å². The number of likely N-dealkylation sites (N-methyl/N-ethyl adjacent to an activating group) is 1. The third-order valence-electron chi connectivity index (χ3n) is 5.13. The summed E-state index contributed by atoms with van der Waals surface area (Å²) in [6.07, 6.45) is 7.93. The molecule has 0 aromatic heterocycles. The van der Waals surface area contributed by atoms with Crippen molar-refractivity contribution in [3.8, 4) is 0 Å². The van der Waals surface area contributed by atoms with Gasteiger partial charge in [-0.3, -0.25) is 0 Å². The van der Waals surface area contributed by atoms with Gasteiger partial charge in [-0.05, 0) is 51.1 Å². The van der Waals surface area contributed by atoms with Crippen LogP contribution in [0.25, 0.3) is 0 Å². The molecule has 20 heavy (non-hydrogen) atoms. The lowest BCUT2D eigenvalue weighted by Gasteiger charge is -2.38. The lowest BCUT2D eigenvalue weighted by molar-refractivity contribution is 0.00417. The minimum absolute atomic E-state index is 0.346. The van der Waals surface area contributed by atoms with Crippen LogP contribution < -0.4 is 5.32 Å². The van der Waals surface area contributed by atoms with Crippen molar-refractivity contribution < 1.29 is 5.11 Å². The van der Waals surface area contributed by atoms with Gasteiger partial charge in [0.15, 0.2) is 0 Å². The van der Waals surface area contributed by atoms with Crippen molar-refractivity contribution in [2.24, 2.45) is 5.41 Å². The van der Waals surface area contributed by atoms with Gasteiger partial charge in [-0.15, -0.1) is 0 Å². The summed E-state index contributed by atoms with van der Waals surface area (Å²) in [6, 6.07) is 0. The second-order valence-electron chi connectivity index (χ2n) is 6.99. The number of hydrogen-bond donors (Lipinski definition) is 2. The number of nitrogens with zero attached hydrogens (tertiary/aromatic N) is 1. The van der Waals surface area contributed by atoms with Crippen molar-refractivity contribution in [1.82, 2.24) is 10.2 Å². The molecule has 1 aliphatic rings. The van der Waals surface area contributed by atoms with Crippen LogP contribution in [0.1, 0.15) is 65.7 Å². The molecule has 0 bridgehead atoms. The zero-order valence-electron chi connectivity index (χ0n) is 14.2. The molecule has 1 aliphatic carbocycles. The average molecular weight is 284 g/mol. The lowest BCUT2D eigenvalue weighted by Crippen LogP contribution is -2.47. The fourth-order valence-electron chi connectivity index (χ4n) is 3.63. The molecule has 0 amide bonds. The fraction of sp³-hybridized carbons (Fsp3) is 1.00. The Labute approximate surface area is 126 Å². The van der Waals surface area contributed by atoms with E-state index in [1.54, 1.807) is 0 Å². The first-order valence-corrected chi connectivity index (χ1v) is 8.61. The minimum Gasteiger partial charge on any atom is -0.389 e. The van der Waals surface area contributed by atoms with Gasteiger partial charge in [0.05, 0.1) is 5.60 Å². The predicted octanol–water partition coefficient (Wildman–Crippen LogP) is 3.03. The normalized spacial score (nSPS) is 18.9. The third-order valence-corrected chi connectivity index (χ3v) is 5.13. The molecule has 0 aliphatic heterocycles. The molecule has 0 spiro atoms. The second kappa shape index (κ2) is 8.35. The number of rotatable bonds is 10. The van der Waals surface area contributed by atoms with Crippen molar-refractivity contribution in [2.45, 2.75) is 71.3 Å². The van der Waals surface area contributed by atoms with Gasteiger partial charge >= 0.3 is 0 Å². The van der Waals surface area contributed by atoms with E-state index in [9.17, 15) is 5.11 Å². The number of hydrogen-bond acceptors (Lipinski definition) is 3. The quantitative estimate of drug-likeness (QED) is 0.605. The Morgan fingerprint density at radius 1 is 1.15 bits per heavy atom. The van der Waals surface area contributed by atoms with E-state index < -0.39 is 5.60 Å². The van der Waals surface area contributed by atoms with E-state index in [0.29, 0.717) is 5.41 Å².